The molecule has 0 saturated carbocycles. The van der Waals surface area contributed by atoms with E-state index in [1.807, 2.05) is 29.0 Å². The van der Waals surface area contributed by atoms with Crippen LogP contribution >= 0.6 is 0 Å². The van der Waals surface area contributed by atoms with Gasteiger partial charge in [0.05, 0.1) is 11.9 Å². The summed E-state index contributed by atoms with van der Waals surface area (Å²) in [5.74, 6) is 1.44. The number of nitrogens with one attached hydrogen (secondary N) is 2. The molecule has 3 heterocycles. The predicted octanol–water partition coefficient (Wildman–Crippen LogP) is 5.32. The third-order valence-electron chi connectivity index (χ3n) is 5.93. The lowest BCUT2D eigenvalue weighted by atomic mass is 10.1. The molecule has 0 fully saturated rings. The molecule has 3 aromatic heterocycles. The van der Waals surface area contributed by atoms with E-state index in [1.165, 1.54) is 12.1 Å². The number of nitrogens with zero attached hydrogens (tertiary/aromatic N) is 4. The number of halogens is 3. The number of aryl methyl sites for hydroxylation is 1. The number of aromatic nitrogens is 6. The first-order valence-electron chi connectivity index (χ1n) is 11.1. The van der Waals surface area contributed by atoms with Crippen molar-refractivity contribution < 1.29 is 13.2 Å². The fourth-order valence-electron chi connectivity index (χ4n) is 4.23. The van der Waals surface area contributed by atoms with Crippen LogP contribution in [0.1, 0.15) is 40.5 Å². The van der Waals surface area contributed by atoms with E-state index in [0.717, 1.165) is 46.9 Å². The molecule has 0 aliphatic heterocycles. The second-order valence-corrected chi connectivity index (χ2v) is 8.28. The Hall–Kier alpha value is -3.88. The van der Waals surface area contributed by atoms with Crippen LogP contribution in [-0.2, 0) is 32.0 Å². The number of H-pyrrole nitrogens is 2. The molecule has 9 heteroatoms. The van der Waals surface area contributed by atoms with Gasteiger partial charge >= 0.3 is 6.18 Å². The Balaban J connectivity index is 1.43. The number of alkyl halides is 3. The maximum Gasteiger partial charge on any atom is 0.416 e. The molecule has 174 valence electrons. The van der Waals surface area contributed by atoms with Gasteiger partial charge in [-0.15, -0.1) is 10.2 Å². The highest BCUT2D eigenvalue weighted by molar-refractivity contribution is 5.83. The van der Waals surface area contributed by atoms with Crippen molar-refractivity contribution >= 4 is 10.9 Å². The maximum absolute atomic E-state index is 13.2. The minimum absolute atomic E-state index is 0.273. The number of hydrogen-bond acceptors (Lipinski definition) is 3. The van der Waals surface area contributed by atoms with Crippen LogP contribution in [0.5, 0.6) is 0 Å². The van der Waals surface area contributed by atoms with E-state index in [4.69, 9.17) is 0 Å². The molecule has 0 unspecified atom stereocenters. The average molecular weight is 464 g/mol. The first-order chi connectivity index (χ1) is 16.5. The van der Waals surface area contributed by atoms with Gasteiger partial charge in [0.1, 0.15) is 11.6 Å². The normalized spacial score (nSPS) is 12.0. The summed E-state index contributed by atoms with van der Waals surface area (Å²) in [7, 11) is 0. The topological polar surface area (TPSA) is 75.2 Å². The second-order valence-electron chi connectivity index (χ2n) is 8.28. The Labute approximate surface area is 193 Å². The van der Waals surface area contributed by atoms with Crippen molar-refractivity contribution in [2.24, 2.45) is 0 Å². The van der Waals surface area contributed by atoms with E-state index < -0.39 is 11.7 Å². The second kappa shape index (κ2) is 9.17. The molecule has 0 aliphatic rings. The van der Waals surface area contributed by atoms with Crippen LogP contribution in [0.15, 0.2) is 67.3 Å². The molecule has 0 amide bonds. The Bertz CT molecular complexity index is 1380. The van der Waals surface area contributed by atoms with E-state index in [-0.39, 0.29) is 6.42 Å². The highest BCUT2D eigenvalue weighted by Gasteiger charge is 2.30. The van der Waals surface area contributed by atoms with Crippen LogP contribution in [0.3, 0.4) is 0 Å². The molecule has 0 bridgehead atoms. The van der Waals surface area contributed by atoms with Crippen molar-refractivity contribution in [3.63, 3.8) is 0 Å². The van der Waals surface area contributed by atoms with E-state index >= 15 is 0 Å². The first-order valence-corrected chi connectivity index (χ1v) is 11.1. The van der Waals surface area contributed by atoms with Gasteiger partial charge in [0, 0.05) is 48.4 Å². The van der Waals surface area contributed by atoms with Gasteiger partial charge in [0.2, 0.25) is 0 Å². The standard InChI is InChI=1S/C25H23F3N6/c26-25(27,28)19-6-3-5-17(11-19)12-23-32-33-24(34(23)10-4-7-20-15-29-16-31-20)13-18-14-30-22-9-2-1-8-21(18)22/h1-3,5-6,8-9,11,14-16,30H,4,7,10,12-13H2,(H,29,31). The summed E-state index contributed by atoms with van der Waals surface area (Å²) >= 11 is 0. The fourth-order valence-corrected chi connectivity index (χ4v) is 4.23. The van der Waals surface area contributed by atoms with Crippen molar-refractivity contribution in [1.29, 1.82) is 0 Å². The monoisotopic (exact) mass is 464 g/mol. The van der Waals surface area contributed by atoms with Crippen molar-refractivity contribution in [2.45, 2.75) is 38.4 Å². The summed E-state index contributed by atoms with van der Waals surface area (Å²) in [6, 6.07) is 13.4. The number of rotatable bonds is 8. The van der Waals surface area contributed by atoms with Gasteiger partial charge in [-0.25, -0.2) is 4.98 Å². The van der Waals surface area contributed by atoms with E-state index in [1.54, 1.807) is 18.6 Å². The summed E-state index contributed by atoms with van der Waals surface area (Å²) in [5.41, 5.74) is 3.08. The summed E-state index contributed by atoms with van der Waals surface area (Å²) in [5, 5.41) is 9.94. The Morgan fingerprint density at radius 2 is 1.74 bits per heavy atom. The molecule has 0 atom stereocenters. The van der Waals surface area contributed by atoms with Gasteiger partial charge in [0.15, 0.2) is 0 Å². The molecule has 2 aromatic carbocycles. The molecule has 34 heavy (non-hydrogen) atoms. The minimum atomic E-state index is -4.38. The third kappa shape index (κ3) is 4.73. The number of fused-ring (bicyclic) bond motifs is 1. The molecule has 0 aliphatic carbocycles. The van der Waals surface area contributed by atoms with Crippen LogP contribution in [0.4, 0.5) is 13.2 Å². The highest BCUT2D eigenvalue weighted by atomic mass is 19.4. The van der Waals surface area contributed by atoms with Gasteiger partial charge < -0.3 is 14.5 Å². The predicted molar refractivity (Wildman–Crippen MR) is 122 cm³/mol. The van der Waals surface area contributed by atoms with Gasteiger partial charge in [0.25, 0.3) is 0 Å². The van der Waals surface area contributed by atoms with Gasteiger partial charge in [-0.3, -0.25) is 0 Å². The molecule has 0 radical (unpaired) electrons. The summed E-state index contributed by atoms with van der Waals surface area (Å²) < 4.78 is 41.6. The summed E-state index contributed by atoms with van der Waals surface area (Å²) in [4.78, 5) is 10.4. The van der Waals surface area contributed by atoms with Crippen LogP contribution in [0.2, 0.25) is 0 Å². The Morgan fingerprint density at radius 3 is 2.53 bits per heavy atom. The van der Waals surface area contributed by atoms with E-state index in [9.17, 15) is 13.2 Å². The smallest absolute Gasteiger partial charge is 0.361 e. The molecule has 2 N–H and O–H groups in total. The lowest BCUT2D eigenvalue weighted by Crippen LogP contribution is -2.11. The van der Waals surface area contributed by atoms with Gasteiger partial charge in [-0.05, 0) is 36.1 Å². The van der Waals surface area contributed by atoms with Crippen molar-refractivity contribution in [3.05, 3.63) is 101 Å². The minimum Gasteiger partial charge on any atom is -0.361 e. The number of aromatic amines is 2. The number of imidazole rings is 1. The Kier molecular flexibility index (Phi) is 5.91. The van der Waals surface area contributed by atoms with Crippen LogP contribution < -0.4 is 0 Å². The SMILES string of the molecule is FC(F)(F)c1cccc(Cc2nnc(Cc3c[nH]c4ccccc34)n2CCCc2cnc[nH]2)c1. The zero-order chi connectivity index (χ0) is 23.5. The average Bonchev–Trinajstić information content (AvgIpc) is 3.56. The van der Waals surface area contributed by atoms with Crippen LogP contribution in [0.25, 0.3) is 10.9 Å². The zero-order valence-corrected chi connectivity index (χ0v) is 18.3. The third-order valence-corrected chi connectivity index (χ3v) is 5.93. The van der Waals surface area contributed by atoms with Crippen molar-refractivity contribution in [2.75, 3.05) is 0 Å². The van der Waals surface area contributed by atoms with Crippen molar-refractivity contribution in [3.8, 4) is 0 Å². The Morgan fingerprint density at radius 1 is 0.912 bits per heavy atom. The van der Waals surface area contributed by atoms with Crippen LogP contribution in [-0.4, -0.2) is 29.7 Å². The largest absolute Gasteiger partial charge is 0.416 e. The van der Waals surface area contributed by atoms with Crippen LogP contribution in [0, 0.1) is 0 Å². The van der Waals surface area contributed by atoms with Gasteiger partial charge in [-0.2, -0.15) is 13.2 Å². The van der Waals surface area contributed by atoms with Gasteiger partial charge in [-0.1, -0.05) is 36.4 Å². The summed E-state index contributed by atoms with van der Waals surface area (Å²) in [6.07, 6.45) is 3.50. The van der Waals surface area contributed by atoms with Crippen molar-refractivity contribution in [1.82, 2.24) is 29.7 Å². The van der Waals surface area contributed by atoms with E-state index in [2.05, 4.69) is 31.2 Å². The molecule has 5 rings (SSSR count). The highest BCUT2D eigenvalue weighted by Crippen LogP contribution is 2.30. The zero-order valence-electron chi connectivity index (χ0n) is 18.3. The quantitative estimate of drug-likeness (QED) is 0.327. The molecular formula is C25H23F3N6. The fraction of sp³-hybridized carbons (Fsp3) is 0.240. The first kappa shape index (κ1) is 21.9. The molecule has 0 saturated heterocycles. The van der Waals surface area contributed by atoms with E-state index in [0.29, 0.717) is 24.4 Å². The lowest BCUT2D eigenvalue weighted by Gasteiger charge is -2.12. The summed E-state index contributed by atoms with van der Waals surface area (Å²) in [6.45, 7) is 0.651. The lowest BCUT2D eigenvalue weighted by molar-refractivity contribution is -0.137. The number of para-hydroxylation sites is 1. The maximum atomic E-state index is 13.2. The molecule has 6 nitrogen and oxygen atoms in total. The molecular weight excluding hydrogens is 441 g/mol. The molecule has 0 spiro atoms. The number of benzene rings is 2. The number of hydrogen-bond donors (Lipinski definition) is 2. The molecule has 5 aromatic rings.